The number of nitrogens with one attached hydrogen (secondary N) is 2. The van der Waals surface area contributed by atoms with Gasteiger partial charge in [-0.15, -0.1) is 0 Å². The maximum absolute atomic E-state index is 13.0. The summed E-state index contributed by atoms with van der Waals surface area (Å²) in [4.78, 5) is 19.5. The minimum Gasteiger partial charge on any atom is -0.348 e. The summed E-state index contributed by atoms with van der Waals surface area (Å²) >= 11 is 0. The molecule has 4 aromatic rings. The highest BCUT2D eigenvalue weighted by molar-refractivity contribution is 5.98. The SMILES string of the molecule is O=C(NC1CCCN(Cc2ccccc2)C1)c1ccc2n[nH]c(Cc3ccncc3)c2c1. The Hall–Kier alpha value is -3.51. The van der Waals surface area contributed by atoms with Crippen LogP contribution in [0.2, 0.25) is 0 Å². The van der Waals surface area contributed by atoms with Crippen LogP contribution in [0.4, 0.5) is 0 Å². The first-order valence-corrected chi connectivity index (χ1v) is 11.2. The second-order valence-electron chi connectivity index (χ2n) is 8.50. The number of carbonyl (C=O) groups excluding carboxylic acids is 1. The summed E-state index contributed by atoms with van der Waals surface area (Å²) in [5.74, 6) is -0.0190. The van der Waals surface area contributed by atoms with Crippen molar-refractivity contribution in [2.45, 2.75) is 31.8 Å². The van der Waals surface area contributed by atoms with Crippen molar-refractivity contribution in [2.75, 3.05) is 13.1 Å². The van der Waals surface area contributed by atoms with E-state index in [2.05, 4.69) is 49.7 Å². The molecular formula is C26H27N5O. The first kappa shape index (κ1) is 20.4. The maximum atomic E-state index is 13.0. The minimum atomic E-state index is -0.0190. The van der Waals surface area contributed by atoms with Crippen LogP contribution in [0.15, 0.2) is 73.1 Å². The molecule has 162 valence electrons. The van der Waals surface area contributed by atoms with Crippen LogP contribution in [0.3, 0.4) is 0 Å². The predicted molar refractivity (Wildman–Crippen MR) is 125 cm³/mol. The number of pyridine rings is 1. The van der Waals surface area contributed by atoms with Crippen LogP contribution in [0, 0.1) is 0 Å². The Kier molecular flexibility index (Phi) is 5.94. The largest absolute Gasteiger partial charge is 0.348 e. The molecule has 1 aliphatic heterocycles. The molecule has 0 bridgehead atoms. The van der Waals surface area contributed by atoms with Gasteiger partial charge in [0.1, 0.15) is 0 Å². The normalized spacial score (nSPS) is 16.8. The molecule has 1 aliphatic rings. The Labute approximate surface area is 187 Å². The van der Waals surface area contributed by atoms with Gasteiger partial charge in [0.05, 0.1) is 5.52 Å². The number of H-pyrrole nitrogens is 1. The summed E-state index contributed by atoms with van der Waals surface area (Å²) in [6.45, 7) is 2.87. The standard InChI is InChI=1S/C26H27N5O/c32-26(28-22-7-4-14-31(18-22)17-20-5-2-1-3-6-20)21-8-9-24-23(16-21)25(30-29-24)15-19-10-12-27-13-11-19/h1-3,5-6,8-13,16,22H,4,7,14-15,17-18H2,(H,28,32)(H,29,30). The summed E-state index contributed by atoms with van der Waals surface area (Å²) in [5, 5.41) is 11.8. The van der Waals surface area contributed by atoms with Crippen LogP contribution in [0.1, 0.15) is 40.0 Å². The van der Waals surface area contributed by atoms with Crippen molar-refractivity contribution in [1.82, 2.24) is 25.4 Å². The quantitative estimate of drug-likeness (QED) is 0.491. The van der Waals surface area contributed by atoms with Gasteiger partial charge in [0.2, 0.25) is 0 Å². The van der Waals surface area contributed by atoms with Gasteiger partial charge < -0.3 is 5.32 Å². The van der Waals surface area contributed by atoms with Gasteiger partial charge in [-0.3, -0.25) is 19.8 Å². The van der Waals surface area contributed by atoms with Crippen LogP contribution < -0.4 is 5.32 Å². The minimum absolute atomic E-state index is 0.0190. The number of nitrogens with zero attached hydrogens (tertiary/aromatic N) is 3. The first-order valence-electron chi connectivity index (χ1n) is 11.2. The molecule has 5 rings (SSSR count). The van der Waals surface area contributed by atoms with E-state index in [-0.39, 0.29) is 11.9 Å². The number of aromatic nitrogens is 3. The molecule has 1 atom stereocenters. The molecule has 2 aromatic heterocycles. The lowest BCUT2D eigenvalue weighted by Crippen LogP contribution is -2.47. The molecule has 0 radical (unpaired) electrons. The monoisotopic (exact) mass is 425 g/mol. The summed E-state index contributed by atoms with van der Waals surface area (Å²) in [5.41, 5.74) is 5.02. The highest BCUT2D eigenvalue weighted by atomic mass is 16.1. The van der Waals surface area contributed by atoms with Gasteiger partial charge in [0, 0.05) is 54.6 Å². The van der Waals surface area contributed by atoms with E-state index in [9.17, 15) is 4.79 Å². The zero-order valence-corrected chi connectivity index (χ0v) is 18.0. The number of hydrogen-bond donors (Lipinski definition) is 2. The summed E-state index contributed by atoms with van der Waals surface area (Å²) < 4.78 is 0. The smallest absolute Gasteiger partial charge is 0.251 e. The van der Waals surface area contributed by atoms with Crippen LogP contribution in [-0.2, 0) is 13.0 Å². The van der Waals surface area contributed by atoms with E-state index >= 15 is 0 Å². The van der Waals surface area contributed by atoms with Gasteiger partial charge in [-0.1, -0.05) is 30.3 Å². The molecule has 1 unspecified atom stereocenters. The molecule has 1 saturated heterocycles. The second-order valence-corrected chi connectivity index (χ2v) is 8.50. The molecule has 6 nitrogen and oxygen atoms in total. The molecule has 32 heavy (non-hydrogen) atoms. The number of rotatable bonds is 6. The zero-order chi connectivity index (χ0) is 21.8. The average molecular weight is 426 g/mol. The highest BCUT2D eigenvalue weighted by Crippen LogP contribution is 2.21. The third kappa shape index (κ3) is 4.70. The van der Waals surface area contributed by atoms with Crippen molar-refractivity contribution in [3.63, 3.8) is 0 Å². The van der Waals surface area contributed by atoms with Crippen molar-refractivity contribution in [3.05, 3.63) is 95.4 Å². The summed E-state index contributed by atoms with van der Waals surface area (Å²) in [7, 11) is 0. The number of piperidine rings is 1. The first-order chi connectivity index (χ1) is 15.7. The Balaban J connectivity index is 1.26. The lowest BCUT2D eigenvalue weighted by Gasteiger charge is -2.33. The lowest BCUT2D eigenvalue weighted by atomic mass is 10.0. The fraction of sp³-hybridized carbons (Fsp3) is 0.269. The van der Waals surface area contributed by atoms with E-state index in [1.54, 1.807) is 12.4 Å². The Morgan fingerprint density at radius 3 is 2.75 bits per heavy atom. The van der Waals surface area contributed by atoms with Gasteiger partial charge in [-0.05, 0) is 60.8 Å². The van der Waals surface area contributed by atoms with E-state index in [1.807, 2.05) is 36.4 Å². The van der Waals surface area contributed by atoms with Crippen molar-refractivity contribution >= 4 is 16.8 Å². The molecular weight excluding hydrogens is 398 g/mol. The number of benzene rings is 2. The predicted octanol–water partition coefficient (Wildman–Crippen LogP) is 3.94. The van der Waals surface area contributed by atoms with E-state index < -0.39 is 0 Å². The molecule has 0 spiro atoms. The van der Waals surface area contributed by atoms with E-state index in [1.165, 1.54) is 5.56 Å². The van der Waals surface area contributed by atoms with E-state index in [0.717, 1.165) is 61.1 Å². The van der Waals surface area contributed by atoms with Crippen molar-refractivity contribution in [1.29, 1.82) is 0 Å². The average Bonchev–Trinajstić information content (AvgIpc) is 3.22. The molecule has 2 N–H and O–H groups in total. The van der Waals surface area contributed by atoms with E-state index in [4.69, 9.17) is 0 Å². The van der Waals surface area contributed by atoms with E-state index in [0.29, 0.717) is 5.56 Å². The van der Waals surface area contributed by atoms with Crippen LogP contribution >= 0.6 is 0 Å². The van der Waals surface area contributed by atoms with Crippen LogP contribution in [-0.4, -0.2) is 45.1 Å². The molecule has 0 aliphatic carbocycles. The van der Waals surface area contributed by atoms with Crippen molar-refractivity contribution in [3.8, 4) is 0 Å². The van der Waals surface area contributed by atoms with Crippen LogP contribution in [0.25, 0.3) is 10.9 Å². The molecule has 3 heterocycles. The summed E-state index contributed by atoms with van der Waals surface area (Å²) in [6, 6.07) is 20.4. The number of aromatic amines is 1. The molecule has 2 aromatic carbocycles. The fourth-order valence-electron chi connectivity index (χ4n) is 4.47. The van der Waals surface area contributed by atoms with Crippen molar-refractivity contribution in [2.24, 2.45) is 0 Å². The number of hydrogen-bond acceptors (Lipinski definition) is 4. The molecule has 1 amide bonds. The number of likely N-dealkylation sites (tertiary alicyclic amines) is 1. The molecule has 6 heteroatoms. The number of amides is 1. The van der Waals surface area contributed by atoms with Gasteiger partial charge in [-0.2, -0.15) is 5.10 Å². The Bertz CT molecular complexity index is 1190. The zero-order valence-electron chi connectivity index (χ0n) is 18.0. The molecule has 0 saturated carbocycles. The topological polar surface area (TPSA) is 73.9 Å². The third-order valence-corrected chi connectivity index (χ3v) is 6.12. The third-order valence-electron chi connectivity index (χ3n) is 6.12. The lowest BCUT2D eigenvalue weighted by molar-refractivity contribution is 0.0901. The van der Waals surface area contributed by atoms with Gasteiger partial charge in [0.15, 0.2) is 0 Å². The number of fused-ring (bicyclic) bond motifs is 1. The van der Waals surface area contributed by atoms with Gasteiger partial charge in [0.25, 0.3) is 5.91 Å². The molecule has 1 fully saturated rings. The Morgan fingerprint density at radius 1 is 1.06 bits per heavy atom. The maximum Gasteiger partial charge on any atom is 0.251 e. The van der Waals surface area contributed by atoms with Crippen molar-refractivity contribution < 1.29 is 4.79 Å². The van der Waals surface area contributed by atoms with Gasteiger partial charge >= 0.3 is 0 Å². The fourth-order valence-corrected chi connectivity index (χ4v) is 4.47. The Morgan fingerprint density at radius 2 is 1.91 bits per heavy atom. The summed E-state index contributed by atoms with van der Waals surface area (Å²) in [6.07, 6.45) is 6.41. The van der Waals surface area contributed by atoms with Gasteiger partial charge in [-0.25, -0.2) is 0 Å². The highest BCUT2D eigenvalue weighted by Gasteiger charge is 2.22. The second kappa shape index (κ2) is 9.32. The van der Waals surface area contributed by atoms with Crippen LogP contribution in [0.5, 0.6) is 0 Å². The number of carbonyl (C=O) groups is 1.